The van der Waals surface area contributed by atoms with Crippen molar-refractivity contribution in [2.75, 3.05) is 5.32 Å². The minimum absolute atomic E-state index is 0.00677. The molecule has 0 bridgehead atoms. The zero-order valence-corrected chi connectivity index (χ0v) is 13.1. The van der Waals surface area contributed by atoms with E-state index in [1.807, 2.05) is 29.5 Å². The Balaban J connectivity index is 1.59. The Hall–Kier alpha value is -3.15. The van der Waals surface area contributed by atoms with Crippen molar-refractivity contribution in [3.63, 3.8) is 0 Å². The summed E-state index contributed by atoms with van der Waals surface area (Å²) in [6.07, 6.45) is 2.75. The van der Waals surface area contributed by atoms with E-state index in [1.165, 1.54) is 0 Å². The van der Waals surface area contributed by atoms with Gasteiger partial charge in [-0.05, 0) is 49.2 Å². The molecule has 1 aliphatic heterocycles. The second-order valence-corrected chi connectivity index (χ2v) is 5.78. The number of aryl methyl sites for hydroxylation is 2. The molecule has 0 radical (unpaired) electrons. The summed E-state index contributed by atoms with van der Waals surface area (Å²) in [4.78, 5) is 28.0. The van der Waals surface area contributed by atoms with E-state index < -0.39 is 5.97 Å². The summed E-state index contributed by atoms with van der Waals surface area (Å²) in [5, 5.41) is 2.80. The second-order valence-electron chi connectivity index (χ2n) is 5.78. The monoisotopic (exact) mass is 321 g/mol. The molecule has 120 valence electrons. The quantitative estimate of drug-likeness (QED) is 0.582. The highest BCUT2D eigenvalue weighted by Gasteiger charge is 2.18. The Bertz CT molecular complexity index is 975. The molecule has 0 aliphatic carbocycles. The molecule has 3 heterocycles. The maximum absolute atomic E-state index is 12.3. The van der Waals surface area contributed by atoms with Crippen molar-refractivity contribution in [2.45, 2.75) is 19.8 Å². The predicted octanol–water partition coefficient (Wildman–Crippen LogP) is 2.75. The highest BCUT2D eigenvalue weighted by molar-refractivity contribution is 5.94. The first-order valence-electron chi connectivity index (χ1n) is 7.70. The zero-order chi connectivity index (χ0) is 16.7. The number of anilines is 1. The Morgan fingerprint density at radius 2 is 2.12 bits per heavy atom. The topological polar surface area (TPSA) is 72.7 Å². The van der Waals surface area contributed by atoms with E-state index in [0.29, 0.717) is 24.2 Å². The van der Waals surface area contributed by atoms with E-state index in [-0.39, 0.29) is 11.6 Å². The van der Waals surface area contributed by atoms with Gasteiger partial charge in [0.25, 0.3) is 0 Å². The van der Waals surface area contributed by atoms with E-state index in [1.54, 1.807) is 24.4 Å². The lowest BCUT2D eigenvalue weighted by atomic mass is 10.0. The number of nitrogens with one attached hydrogen (secondary N) is 1. The maximum atomic E-state index is 12.3. The van der Waals surface area contributed by atoms with Crippen LogP contribution in [0.4, 0.5) is 5.69 Å². The van der Waals surface area contributed by atoms with Crippen LogP contribution in [0.15, 0.2) is 42.6 Å². The molecule has 0 fully saturated rings. The average Bonchev–Trinajstić information content (AvgIpc) is 3.01. The summed E-state index contributed by atoms with van der Waals surface area (Å²) in [5.74, 6) is -0.0473. The molecule has 1 amide bonds. The van der Waals surface area contributed by atoms with Crippen molar-refractivity contribution >= 4 is 23.2 Å². The van der Waals surface area contributed by atoms with Gasteiger partial charge < -0.3 is 14.5 Å². The number of carbonyl (C=O) groups excluding carboxylic acids is 2. The molecular formula is C18H15N3O3. The third-order valence-electron chi connectivity index (χ3n) is 4.09. The predicted molar refractivity (Wildman–Crippen MR) is 88.3 cm³/mol. The van der Waals surface area contributed by atoms with Crippen LogP contribution in [0.2, 0.25) is 0 Å². The molecule has 1 N–H and O–H groups in total. The number of nitrogens with zero attached hydrogens (tertiary/aromatic N) is 2. The van der Waals surface area contributed by atoms with Gasteiger partial charge in [0.1, 0.15) is 11.4 Å². The van der Waals surface area contributed by atoms with Crippen LogP contribution in [0, 0.1) is 6.92 Å². The van der Waals surface area contributed by atoms with Gasteiger partial charge in [0.05, 0.1) is 0 Å². The van der Waals surface area contributed by atoms with Crippen molar-refractivity contribution in [3.05, 3.63) is 59.5 Å². The van der Waals surface area contributed by atoms with Crippen LogP contribution in [0.3, 0.4) is 0 Å². The van der Waals surface area contributed by atoms with Crippen LogP contribution >= 0.6 is 0 Å². The zero-order valence-electron chi connectivity index (χ0n) is 13.1. The summed E-state index contributed by atoms with van der Waals surface area (Å²) in [5.41, 5.74) is 3.69. The first-order chi connectivity index (χ1) is 11.6. The number of ether oxygens (including phenoxy) is 1. The first kappa shape index (κ1) is 14.4. The SMILES string of the molecule is Cc1cccc2nc(C(=O)Oc3ccc4c(c3)CCC(=O)N4)cn12. The number of rotatable bonds is 2. The molecule has 0 saturated carbocycles. The molecule has 1 aromatic carbocycles. The Morgan fingerprint density at radius 3 is 2.96 bits per heavy atom. The fourth-order valence-corrected chi connectivity index (χ4v) is 2.83. The Kier molecular flexibility index (Phi) is 3.30. The number of aromatic nitrogens is 2. The smallest absolute Gasteiger partial charge is 0.363 e. The van der Waals surface area contributed by atoms with Crippen LogP contribution in [0.1, 0.15) is 28.2 Å². The number of pyridine rings is 1. The minimum atomic E-state index is -0.502. The summed E-state index contributed by atoms with van der Waals surface area (Å²) in [6.45, 7) is 1.95. The molecule has 3 aromatic rings. The summed E-state index contributed by atoms with van der Waals surface area (Å²) in [7, 11) is 0. The number of amides is 1. The summed E-state index contributed by atoms with van der Waals surface area (Å²) < 4.78 is 7.28. The lowest BCUT2D eigenvalue weighted by molar-refractivity contribution is -0.116. The summed E-state index contributed by atoms with van der Waals surface area (Å²) >= 11 is 0. The lowest BCUT2D eigenvalue weighted by Crippen LogP contribution is -2.19. The van der Waals surface area contributed by atoms with Gasteiger partial charge in [0.2, 0.25) is 5.91 Å². The fraction of sp³-hybridized carbons (Fsp3) is 0.167. The van der Waals surface area contributed by atoms with Crippen molar-refractivity contribution in [2.24, 2.45) is 0 Å². The number of carbonyl (C=O) groups is 2. The number of fused-ring (bicyclic) bond motifs is 2. The van der Waals surface area contributed by atoms with Crippen LogP contribution in [0.25, 0.3) is 5.65 Å². The van der Waals surface area contributed by atoms with Crippen LogP contribution in [-0.4, -0.2) is 21.3 Å². The van der Waals surface area contributed by atoms with Gasteiger partial charge in [-0.1, -0.05) is 6.07 Å². The van der Waals surface area contributed by atoms with E-state index in [2.05, 4.69) is 10.3 Å². The molecule has 24 heavy (non-hydrogen) atoms. The molecule has 0 atom stereocenters. The van der Waals surface area contributed by atoms with Crippen molar-refractivity contribution in [3.8, 4) is 5.75 Å². The molecule has 6 nitrogen and oxygen atoms in total. The van der Waals surface area contributed by atoms with Crippen LogP contribution < -0.4 is 10.1 Å². The Labute approximate surface area is 138 Å². The van der Waals surface area contributed by atoms with Crippen molar-refractivity contribution < 1.29 is 14.3 Å². The number of hydrogen-bond donors (Lipinski definition) is 1. The normalized spacial score (nSPS) is 13.5. The third-order valence-corrected chi connectivity index (χ3v) is 4.09. The summed E-state index contributed by atoms with van der Waals surface area (Å²) in [6, 6.07) is 10.9. The number of imidazole rings is 1. The van der Waals surface area contributed by atoms with E-state index in [0.717, 1.165) is 16.9 Å². The highest BCUT2D eigenvalue weighted by Crippen LogP contribution is 2.27. The molecule has 6 heteroatoms. The number of benzene rings is 1. The molecule has 0 saturated heterocycles. The number of hydrogen-bond acceptors (Lipinski definition) is 4. The minimum Gasteiger partial charge on any atom is -0.422 e. The van der Waals surface area contributed by atoms with Gasteiger partial charge in [-0.25, -0.2) is 9.78 Å². The molecule has 4 rings (SSSR count). The van der Waals surface area contributed by atoms with E-state index in [4.69, 9.17) is 4.74 Å². The van der Waals surface area contributed by atoms with Crippen molar-refractivity contribution in [1.82, 2.24) is 9.38 Å². The van der Waals surface area contributed by atoms with Gasteiger partial charge >= 0.3 is 5.97 Å². The average molecular weight is 321 g/mol. The van der Waals surface area contributed by atoms with Crippen molar-refractivity contribution in [1.29, 1.82) is 0 Å². The molecule has 0 spiro atoms. The van der Waals surface area contributed by atoms with Gasteiger partial charge in [-0.3, -0.25) is 4.79 Å². The highest BCUT2D eigenvalue weighted by atomic mass is 16.5. The van der Waals surface area contributed by atoms with Gasteiger partial charge in [-0.15, -0.1) is 0 Å². The second kappa shape index (κ2) is 5.49. The fourth-order valence-electron chi connectivity index (χ4n) is 2.83. The van der Waals surface area contributed by atoms with Crippen LogP contribution in [-0.2, 0) is 11.2 Å². The third kappa shape index (κ3) is 2.52. The van der Waals surface area contributed by atoms with E-state index in [9.17, 15) is 9.59 Å². The van der Waals surface area contributed by atoms with Gasteiger partial charge in [0, 0.05) is 24.0 Å². The van der Waals surface area contributed by atoms with Gasteiger partial charge in [0.15, 0.2) is 5.69 Å². The number of esters is 1. The largest absolute Gasteiger partial charge is 0.422 e. The van der Waals surface area contributed by atoms with Gasteiger partial charge in [-0.2, -0.15) is 0 Å². The maximum Gasteiger partial charge on any atom is 0.363 e. The molecule has 2 aromatic heterocycles. The molecule has 1 aliphatic rings. The molecular weight excluding hydrogens is 306 g/mol. The standard InChI is InChI=1S/C18H15N3O3/c1-11-3-2-4-16-19-15(10-21(11)16)18(23)24-13-6-7-14-12(9-13)5-8-17(22)20-14/h2-4,6-7,9-10H,5,8H2,1H3,(H,20,22). The van der Waals surface area contributed by atoms with Crippen LogP contribution in [0.5, 0.6) is 5.75 Å². The molecule has 0 unspecified atom stereocenters. The lowest BCUT2D eigenvalue weighted by Gasteiger charge is -2.17. The van der Waals surface area contributed by atoms with E-state index >= 15 is 0 Å². The first-order valence-corrected chi connectivity index (χ1v) is 7.70. The Morgan fingerprint density at radius 1 is 1.25 bits per heavy atom.